The number of likely N-dealkylation sites (tertiary alicyclic amines) is 1. The van der Waals surface area contributed by atoms with Gasteiger partial charge in [0.05, 0.1) is 19.6 Å². The molecule has 0 aliphatic carbocycles. The number of hydrogen-bond donors (Lipinski definition) is 0. The molecule has 3 rings (SSSR count). The Morgan fingerprint density at radius 2 is 1.96 bits per heavy atom. The molecule has 1 aliphatic rings. The lowest BCUT2D eigenvalue weighted by atomic mass is 9.97. The molecule has 1 amide bonds. The van der Waals surface area contributed by atoms with Crippen LogP contribution in [-0.2, 0) is 27.7 Å². The van der Waals surface area contributed by atoms with Crippen LogP contribution in [0, 0.1) is 5.92 Å². The smallest absolute Gasteiger partial charge is 0.227 e. The van der Waals surface area contributed by atoms with Crippen molar-refractivity contribution in [2.45, 2.75) is 19.3 Å². The summed E-state index contributed by atoms with van der Waals surface area (Å²) in [5.41, 5.74) is 2.30. The molecule has 5 nitrogen and oxygen atoms in total. The van der Waals surface area contributed by atoms with Crippen LogP contribution in [0.1, 0.15) is 18.4 Å². The van der Waals surface area contributed by atoms with Gasteiger partial charge in [0, 0.05) is 51.0 Å². The summed E-state index contributed by atoms with van der Waals surface area (Å²) in [7, 11) is 3.72. The van der Waals surface area contributed by atoms with E-state index >= 15 is 0 Å². The lowest BCUT2D eigenvalue weighted by molar-refractivity contribution is -0.132. The van der Waals surface area contributed by atoms with Gasteiger partial charge in [-0.2, -0.15) is 0 Å². The van der Waals surface area contributed by atoms with Gasteiger partial charge >= 0.3 is 0 Å². The third kappa shape index (κ3) is 4.41. The van der Waals surface area contributed by atoms with Crippen LogP contribution in [0.3, 0.4) is 0 Å². The Labute approximate surface area is 149 Å². The van der Waals surface area contributed by atoms with E-state index in [1.165, 1.54) is 10.9 Å². The first-order valence-electron chi connectivity index (χ1n) is 9.06. The Bertz CT molecular complexity index is 702. The molecule has 5 heteroatoms. The van der Waals surface area contributed by atoms with Crippen molar-refractivity contribution < 1.29 is 14.3 Å². The van der Waals surface area contributed by atoms with E-state index in [2.05, 4.69) is 22.9 Å². The summed E-state index contributed by atoms with van der Waals surface area (Å²) in [6, 6.07) is 8.26. The Hall–Kier alpha value is -1.85. The first kappa shape index (κ1) is 18.0. The van der Waals surface area contributed by atoms with Gasteiger partial charge in [0.25, 0.3) is 0 Å². The summed E-state index contributed by atoms with van der Waals surface area (Å²) in [5.74, 6) is 0.786. The van der Waals surface area contributed by atoms with Crippen molar-refractivity contribution in [2.24, 2.45) is 13.0 Å². The number of rotatable bonds is 7. The van der Waals surface area contributed by atoms with Gasteiger partial charge in [0.1, 0.15) is 0 Å². The third-order valence-electron chi connectivity index (χ3n) is 5.07. The lowest BCUT2D eigenvalue weighted by Gasteiger charge is -2.32. The van der Waals surface area contributed by atoms with Crippen LogP contribution in [0.4, 0.5) is 0 Å². The minimum absolute atomic E-state index is 0.232. The molecule has 1 aromatic carbocycles. The monoisotopic (exact) mass is 344 g/mol. The maximum absolute atomic E-state index is 12.7. The molecule has 0 unspecified atom stereocenters. The molecule has 1 aliphatic heterocycles. The number of nitrogens with zero attached hydrogens (tertiary/aromatic N) is 2. The Morgan fingerprint density at radius 3 is 2.72 bits per heavy atom. The molecule has 0 spiro atoms. The summed E-state index contributed by atoms with van der Waals surface area (Å²) >= 11 is 0. The number of fused-ring (bicyclic) bond motifs is 1. The highest BCUT2D eigenvalue weighted by Gasteiger charge is 2.23. The lowest BCUT2D eigenvalue weighted by Crippen LogP contribution is -2.40. The number of carbonyl (C=O) groups excluding carboxylic acids is 1. The molecule has 1 aromatic heterocycles. The molecule has 0 bridgehead atoms. The van der Waals surface area contributed by atoms with Crippen molar-refractivity contribution in [1.82, 2.24) is 9.47 Å². The second-order valence-electron chi connectivity index (χ2n) is 6.85. The minimum Gasteiger partial charge on any atom is -0.382 e. The normalized spacial score (nSPS) is 15.8. The number of carbonyl (C=O) groups is 1. The summed E-state index contributed by atoms with van der Waals surface area (Å²) in [6.07, 6.45) is 4.61. The highest BCUT2D eigenvalue weighted by atomic mass is 16.5. The first-order chi connectivity index (χ1) is 12.2. The van der Waals surface area contributed by atoms with E-state index in [0.29, 0.717) is 25.6 Å². The average molecular weight is 344 g/mol. The molecule has 1 fully saturated rings. The zero-order chi connectivity index (χ0) is 17.6. The number of benzene rings is 1. The number of amides is 1. The van der Waals surface area contributed by atoms with Crippen LogP contribution < -0.4 is 0 Å². The topological polar surface area (TPSA) is 43.7 Å². The third-order valence-corrected chi connectivity index (χ3v) is 5.07. The maximum atomic E-state index is 12.7. The van der Waals surface area contributed by atoms with Gasteiger partial charge in [-0.15, -0.1) is 0 Å². The van der Waals surface area contributed by atoms with Crippen LogP contribution in [0.2, 0.25) is 0 Å². The van der Waals surface area contributed by atoms with E-state index in [-0.39, 0.29) is 5.91 Å². The summed E-state index contributed by atoms with van der Waals surface area (Å²) in [4.78, 5) is 14.7. The zero-order valence-corrected chi connectivity index (χ0v) is 15.2. The predicted molar refractivity (Wildman–Crippen MR) is 98.6 cm³/mol. The molecule has 0 radical (unpaired) electrons. The van der Waals surface area contributed by atoms with Crippen LogP contribution in [0.25, 0.3) is 10.9 Å². The van der Waals surface area contributed by atoms with Crippen LogP contribution in [0.15, 0.2) is 30.5 Å². The van der Waals surface area contributed by atoms with E-state index in [9.17, 15) is 4.79 Å². The number of aryl methyl sites for hydroxylation is 1. The van der Waals surface area contributed by atoms with Crippen molar-refractivity contribution in [1.29, 1.82) is 0 Å². The molecular formula is C20H28N2O3. The van der Waals surface area contributed by atoms with Crippen LogP contribution in [-0.4, -0.2) is 55.4 Å². The van der Waals surface area contributed by atoms with Gasteiger partial charge in [0.2, 0.25) is 5.91 Å². The minimum atomic E-state index is 0.232. The van der Waals surface area contributed by atoms with E-state index in [4.69, 9.17) is 9.47 Å². The van der Waals surface area contributed by atoms with Gasteiger partial charge in [0.15, 0.2) is 0 Å². The first-order valence-corrected chi connectivity index (χ1v) is 9.06. The maximum Gasteiger partial charge on any atom is 0.227 e. The molecular weight excluding hydrogens is 316 g/mol. The van der Waals surface area contributed by atoms with Gasteiger partial charge in [-0.25, -0.2) is 0 Å². The predicted octanol–water partition coefficient (Wildman–Crippen LogP) is 2.62. The molecule has 1 saturated heterocycles. The number of aromatic nitrogens is 1. The van der Waals surface area contributed by atoms with Gasteiger partial charge in [-0.05, 0) is 30.4 Å². The fourth-order valence-electron chi connectivity index (χ4n) is 3.58. The summed E-state index contributed by atoms with van der Waals surface area (Å²) in [5, 5.41) is 1.18. The fraction of sp³-hybridized carbons (Fsp3) is 0.550. The number of methoxy groups -OCH3 is 1. The highest BCUT2D eigenvalue weighted by Crippen LogP contribution is 2.23. The molecule has 0 saturated carbocycles. The Balaban J connectivity index is 1.51. The second-order valence-corrected chi connectivity index (χ2v) is 6.85. The van der Waals surface area contributed by atoms with Gasteiger partial charge < -0.3 is 18.9 Å². The fourth-order valence-corrected chi connectivity index (χ4v) is 3.58. The number of para-hydroxylation sites is 1. The van der Waals surface area contributed by atoms with Crippen molar-refractivity contribution in [3.63, 3.8) is 0 Å². The largest absolute Gasteiger partial charge is 0.382 e. The van der Waals surface area contributed by atoms with E-state index in [1.54, 1.807) is 7.11 Å². The van der Waals surface area contributed by atoms with Gasteiger partial charge in [-0.3, -0.25) is 4.79 Å². The average Bonchev–Trinajstić information content (AvgIpc) is 2.95. The second kappa shape index (κ2) is 8.50. The van der Waals surface area contributed by atoms with Crippen molar-refractivity contribution in [3.8, 4) is 0 Å². The van der Waals surface area contributed by atoms with Crippen molar-refractivity contribution >= 4 is 16.8 Å². The van der Waals surface area contributed by atoms with Crippen LogP contribution >= 0.6 is 0 Å². The molecule has 136 valence electrons. The summed E-state index contributed by atoms with van der Waals surface area (Å²) in [6.45, 7) is 3.73. The highest BCUT2D eigenvalue weighted by molar-refractivity contribution is 5.89. The number of ether oxygens (including phenoxy) is 2. The van der Waals surface area contributed by atoms with Gasteiger partial charge in [-0.1, -0.05) is 18.2 Å². The van der Waals surface area contributed by atoms with Crippen molar-refractivity contribution in [2.75, 3.05) is 40.0 Å². The number of hydrogen-bond acceptors (Lipinski definition) is 3. The standard InChI is InChI=1S/C20H28N2O3/c1-21-14-17(18-5-3-4-6-19(18)21)13-20(23)22-9-7-16(8-10-22)15-25-12-11-24-2/h3-6,14,16H,7-13,15H2,1-2H3. The molecule has 0 atom stereocenters. The van der Waals surface area contributed by atoms with E-state index < -0.39 is 0 Å². The zero-order valence-electron chi connectivity index (χ0n) is 15.2. The Morgan fingerprint density at radius 1 is 1.20 bits per heavy atom. The quantitative estimate of drug-likeness (QED) is 0.725. The molecule has 25 heavy (non-hydrogen) atoms. The SMILES string of the molecule is COCCOCC1CCN(C(=O)Cc2cn(C)c3ccccc23)CC1. The van der Waals surface area contributed by atoms with E-state index in [1.807, 2.05) is 24.1 Å². The number of piperidine rings is 1. The summed E-state index contributed by atoms with van der Waals surface area (Å²) < 4.78 is 12.7. The van der Waals surface area contributed by atoms with Crippen molar-refractivity contribution in [3.05, 3.63) is 36.0 Å². The molecule has 2 heterocycles. The Kier molecular flexibility index (Phi) is 6.10. The van der Waals surface area contributed by atoms with Crippen LogP contribution in [0.5, 0.6) is 0 Å². The molecule has 2 aromatic rings. The van der Waals surface area contributed by atoms with E-state index in [0.717, 1.165) is 38.1 Å². The molecule has 0 N–H and O–H groups in total.